The Morgan fingerprint density at radius 3 is 2.20 bits per heavy atom. The van der Waals surface area contributed by atoms with Crippen molar-refractivity contribution in [3.05, 3.63) is 0 Å². The Labute approximate surface area is 91.7 Å². The van der Waals surface area contributed by atoms with Crippen LogP contribution in [0.5, 0.6) is 0 Å². The van der Waals surface area contributed by atoms with E-state index in [4.69, 9.17) is 5.84 Å². The van der Waals surface area contributed by atoms with Gasteiger partial charge in [0, 0.05) is 6.04 Å². The Bertz CT molecular complexity index is 215. The van der Waals surface area contributed by atoms with Gasteiger partial charge in [0.25, 0.3) is 0 Å². The van der Waals surface area contributed by atoms with Crippen LogP contribution in [0, 0.1) is 0 Å². The first-order chi connectivity index (χ1) is 7.38. The molecular weight excluding hydrogens is 188 g/mol. The molecule has 0 aromatic heterocycles. The molecule has 2 aliphatic rings. The van der Waals surface area contributed by atoms with Crippen molar-refractivity contribution < 1.29 is 0 Å². The molecule has 2 rings (SSSR count). The van der Waals surface area contributed by atoms with Gasteiger partial charge >= 0.3 is 0 Å². The minimum atomic E-state index is 0.491. The van der Waals surface area contributed by atoms with Crippen LogP contribution in [0.25, 0.3) is 0 Å². The summed E-state index contributed by atoms with van der Waals surface area (Å²) in [4.78, 5) is 4.63. The molecule has 0 saturated heterocycles. The van der Waals surface area contributed by atoms with Gasteiger partial charge < -0.3 is 5.32 Å². The predicted octanol–water partition coefficient (Wildman–Crippen LogP) is 1.28. The number of hydrogen-bond acceptors (Lipinski definition) is 2. The number of guanidine groups is 1. The van der Waals surface area contributed by atoms with Crippen molar-refractivity contribution in [3.8, 4) is 0 Å². The average Bonchev–Trinajstić information content (AvgIpc) is 2.89. The van der Waals surface area contributed by atoms with Crippen LogP contribution in [-0.2, 0) is 0 Å². The number of hydrogen-bond donors (Lipinski definition) is 3. The van der Waals surface area contributed by atoms with Crippen molar-refractivity contribution >= 4 is 5.96 Å². The van der Waals surface area contributed by atoms with Crippen LogP contribution in [-0.4, -0.2) is 18.0 Å². The Kier molecular flexibility index (Phi) is 3.83. The molecule has 0 aromatic carbocycles. The number of nitrogens with one attached hydrogen (secondary N) is 2. The fraction of sp³-hybridized carbons (Fsp3) is 0.909. The molecule has 0 radical (unpaired) electrons. The summed E-state index contributed by atoms with van der Waals surface area (Å²) in [6.07, 6.45) is 10.2. The van der Waals surface area contributed by atoms with Crippen molar-refractivity contribution in [2.45, 2.75) is 63.5 Å². The van der Waals surface area contributed by atoms with Gasteiger partial charge in [0.1, 0.15) is 0 Å². The van der Waals surface area contributed by atoms with E-state index in [-0.39, 0.29) is 0 Å². The van der Waals surface area contributed by atoms with Gasteiger partial charge in [-0.15, -0.1) is 0 Å². The van der Waals surface area contributed by atoms with E-state index in [2.05, 4.69) is 15.7 Å². The van der Waals surface area contributed by atoms with Crippen molar-refractivity contribution in [1.82, 2.24) is 10.7 Å². The summed E-state index contributed by atoms with van der Waals surface area (Å²) < 4.78 is 0. The van der Waals surface area contributed by atoms with Crippen LogP contribution >= 0.6 is 0 Å². The highest BCUT2D eigenvalue weighted by atomic mass is 15.3. The highest BCUT2D eigenvalue weighted by Gasteiger charge is 2.18. The van der Waals surface area contributed by atoms with Gasteiger partial charge in [-0.2, -0.15) is 0 Å². The Morgan fingerprint density at radius 1 is 1.00 bits per heavy atom. The third-order valence-corrected chi connectivity index (χ3v) is 3.47. The molecule has 0 bridgehead atoms. The lowest BCUT2D eigenvalue weighted by Gasteiger charge is -2.16. The highest BCUT2D eigenvalue weighted by molar-refractivity contribution is 5.79. The van der Waals surface area contributed by atoms with E-state index in [1.807, 2.05) is 0 Å². The van der Waals surface area contributed by atoms with Gasteiger partial charge in [-0.3, -0.25) is 5.43 Å². The van der Waals surface area contributed by atoms with Gasteiger partial charge in [0.2, 0.25) is 5.96 Å². The number of nitrogens with zero attached hydrogens (tertiary/aromatic N) is 1. The van der Waals surface area contributed by atoms with E-state index < -0.39 is 0 Å². The molecule has 0 amide bonds. The fourth-order valence-electron chi connectivity index (χ4n) is 2.60. The standard InChI is InChI=1S/C11H22N4/c12-15-11(13-9-5-1-2-6-9)14-10-7-3-4-8-10/h9-10H,1-8,12H2,(H2,13,14,15). The molecule has 4 heteroatoms. The second-order valence-corrected chi connectivity index (χ2v) is 4.69. The summed E-state index contributed by atoms with van der Waals surface area (Å²) in [5.74, 6) is 6.29. The van der Waals surface area contributed by atoms with Gasteiger partial charge in [-0.05, 0) is 25.7 Å². The van der Waals surface area contributed by atoms with Crippen LogP contribution in [0.2, 0.25) is 0 Å². The quantitative estimate of drug-likeness (QED) is 0.278. The smallest absolute Gasteiger partial charge is 0.206 e. The number of aliphatic imine (C=N–C) groups is 1. The van der Waals surface area contributed by atoms with Crippen LogP contribution in [0.1, 0.15) is 51.4 Å². The fourth-order valence-corrected chi connectivity index (χ4v) is 2.60. The van der Waals surface area contributed by atoms with Gasteiger partial charge in [-0.1, -0.05) is 25.7 Å². The zero-order valence-corrected chi connectivity index (χ0v) is 9.34. The lowest BCUT2D eigenvalue weighted by Crippen LogP contribution is -2.46. The Morgan fingerprint density at radius 2 is 1.60 bits per heavy atom. The molecular formula is C11H22N4. The maximum absolute atomic E-state index is 5.49. The predicted molar refractivity (Wildman–Crippen MR) is 62.4 cm³/mol. The van der Waals surface area contributed by atoms with E-state index in [1.165, 1.54) is 51.4 Å². The third kappa shape index (κ3) is 3.09. The first-order valence-corrected chi connectivity index (χ1v) is 6.19. The van der Waals surface area contributed by atoms with Crippen molar-refractivity contribution in [1.29, 1.82) is 0 Å². The lowest BCUT2D eigenvalue weighted by molar-refractivity contribution is 0.603. The summed E-state index contributed by atoms with van der Waals surface area (Å²) in [5.41, 5.74) is 2.69. The second-order valence-electron chi connectivity index (χ2n) is 4.69. The molecule has 2 fully saturated rings. The summed E-state index contributed by atoms with van der Waals surface area (Å²) in [6, 6.07) is 1.08. The van der Waals surface area contributed by atoms with Crippen LogP contribution < -0.4 is 16.6 Å². The molecule has 0 heterocycles. The molecule has 0 unspecified atom stereocenters. The number of rotatable bonds is 2. The molecule has 0 spiro atoms. The molecule has 15 heavy (non-hydrogen) atoms. The lowest BCUT2D eigenvalue weighted by atomic mass is 10.2. The van der Waals surface area contributed by atoms with E-state index in [9.17, 15) is 0 Å². The summed E-state index contributed by atoms with van der Waals surface area (Å²) >= 11 is 0. The molecule has 0 aliphatic heterocycles. The SMILES string of the molecule is NNC(=NC1CCCC1)NC1CCCC1. The molecule has 2 aliphatic carbocycles. The molecule has 0 atom stereocenters. The monoisotopic (exact) mass is 210 g/mol. The molecule has 2 saturated carbocycles. The van der Waals surface area contributed by atoms with Crippen LogP contribution in [0.3, 0.4) is 0 Å². The zero-order chi connectivity index (χ0) is 10.5. The molecule has 86 valence electrons. The van der Waals surface area contributed by atoms with Gasteiger partial charge in [0.15, 0.2) is 0 Å². The second kappa shape index (κ2) is 5.35. The van der Waals surface area contributed by atoms with Crippen molar-refractivity contribution in [3.63, 3.8) is 0 Å². The molecule has 4 N–H and O–H groups in total. The van der Waals surface area contributed by atoms with Crippen LogP contribution in [0.4, 0.5) is 0 Å². The number of nitrogens with two attached hydrogens (primary N) is 1. The number of hydrazine groups is 1. The van der Waals surface area contributed by atoms with Crippen molar-refractivity contribution in [2.75, 3.05) is 0 Å². The Balaban J connectivity index is 1.84. The van der Waals surface area contributed by atoms with Gasteiger partial charge in [-0.25, -0.2) is 10.8 Å². The van der Waals surface area contributed by atoms with E-state index in [1.54, 1.807) is 0 Å². The summed E-state index contributed by atoms with van der Waals surface area (Å²) in [7, 11) is 0. The highest BCUT2D eigenvalue weighted by Crippen LogP contribution is 2.21. The summed E-state index contributed by atoms with van der Waals surface area (Å²) in [5, 5.41) is 3.41. The maximum Gasteiger partial charge on any atom is 0.206 e. The summed E-state index contributed by atoms with van der Waals surface area (Å²) in [6.45, 7) is 0. The van der Waals surface area contributed by atoms with Crippen molar-refractivity contribution in [2.24, 2.45) is 10.8 Å². The third-order valence-electron chi connectivity index (χ3n) is 3.47. The largest absolute Gasteiger partial charge is 0.353 e. The molecule has 4 nitrogen and oxygen atoms in total. The van der Waals surface area contributed by atoms with Crippen LogP contribution in [0.15, 0.2) is 4.99 Å². The average molecular weight is 210 g/mol. The van der Waals surface area contributed by atoms with E-state index >= 15 is 0 Å². The van der Waals surface area contributed by atoms with E-state index in [0.717, 1.165) is 5.96 Å². The minimum Gasteiger partial charge on any atom is -0.353 e. The topological polar surface area (TPSA) is 62.4 Å². The first-order valence-electron chi connectivity index (χ1n) is 6.19. The molecule has 0 aromatic rings. The first kappa shape index (κ1) is 10.7. The zero-order valence-electron chi connectivity index (χ0n) is 9.34. The maximum atomic E-state index is 5.49. The minimum absolute atomic E-state index is 0.491. The van der Waals surface area contributed by atoms with Gasteiger partial charge in [0.05, 0.1) is 6.04 Å². The normalized spacial score (nSPS) is 24.7. The Hall–Kier alpha value is -0.770. The van der Waals surface area contributed by atoms with E-state index in [0.29, 0.717) is 12.1 Å².